The highest BCUT2D eigenvalue weighted by atomic mass is 79.9. The van der Waals surface area contributed by atoms with Crippen LogP contribution in [0.1, 0.15) is 28.6 Å². The molecule has 0 aliphatic rings. The molecular weight excluding hydrogens is 280 g/mol. The summed E-state index contributed by atoms with van der Waals surface area (Å²) in [4.78, 5) is 0.169. The van der Waals surface area contributed by atoms with E-state index in [-0.39, 0.29) is 4.83 Å². The normalized spacial score (nSPS) is 12.4. The van der Waals surface area contributed by atoms with E-state index in [9.17, 15) is 0 Å². The first-order valence-electron chi connectivity index (χ1n) is 5.60. The maximum absolute atomic E-state index is 5.45. The van der Waals surface area contributed by atoms with E-state index >= 15 is 0 Å². The molecule has 1 aromatic heterocycles. The number of alkyl halides is 1. The molecule has 90 valence electrons. The molecule has 17 heavy (non-hydrogen) atoms. The lowest BCUT2D eigenvalue weighted by atomic mass is 10.0. The van der Waals surface area contributed by atoms with Crippen LogP contribution in [0.4, 0.5) is 0 Å². The van der Waals surface area contributed by atoms with Crippen molar-refractivity contribution >= 4 is 15.9 Å². The first-order valence-corrected chi connectivity index (χ1v) is 6.52. The van der Waals surface area contributed by atoms with Crippen LogP contribution in [0.5, 0.6) is 5.75 Å². The average Bonchev–Trinajstić information content (AvgIpc) is 2.86. The van der Waals surface area contributed by atoms with Gasteiger partial charge in [-0.15, -0.1) is 0 Å². The standard InChI is InChI=1S/C14H15BrO2/c1-3-13-12(8-9-17-13)14(15)10-4-6-11(16-2)7-5-10/h4-9,14H,3H2,1-2H3. The lowest BCUT2D eigenvalue weighted by molar-refractivity contribution is 0.414. The number of furan rings is 1. The summed E-state index contributed by atoms with van der Waals surface area (Å²) in [7, 11) is 1.67. The van der Waals surface area contributed by atoms with Gasteiger partial charge in [0.2, 0.25) is 0 Å². The molecule has 0 radical (unpaired) electrons. The molecule has 2 nitrogen and oxygen atoms in total. The van der Waals surface area contributed by atoms with Gasteiger partial charge in [0.25, 0.3) is 0 Å². The van der Waals surface area contributed by atoms with Crippen molar-refractivity contribution in [1.29, 1.82) is 0 Å². The van der Waals surface area contributed by atoms with Crippen LogP contribution in [0.3, 0.4) is 0 Å². The monoisotopic (exact) mass is 294 g/mol. The van der Waals surface area contributed by atoms with E-state index in [1.165, 1.54) is 11.1 Å². The number of halogens is 1. The SMILES string of the molecule is CCc1occc1C(Br)c1ccc(OC)cc1. The largest absolute Gasteiger partial charge is 0.497 e. The van der Waals surface area contributed by atoms with E-state index in [0.717, 1.165) is 17.9 Å². The van der Waals surface area contributed by atoms with Crippen LogP contribution >= 0.6 is 15.9 Å². The highest BCUT2D eigenvalue weighted by Crippen LogP contribution is 2.34. The van der Waals surface area contributed by atoms with Crippen molar-refractivity contribution in [3.63, 3.8) is 0 Å². The van der Waals surface area contributed by atoms with E-state index in [4.69, 9.17) is 9.15 Å². The van der Waals surface area contributed by atoms with Gasteiger partial charge in [-0.3, -0.25) is 0 Å². The first kappa shape index (κ1) is 12.2. The first-order chi connectivity index (χ1) is 8.26. The van der Waals surface area contributed by atoms with Gasteiger partial charge in [0, 0.05) is 12.0 Å². The Kier molecular flexibility index (Phi) is 3.89. The van der Waals surface area contributed by atoms with Gasteiger partial charge in [-0.2, -0.15) is 0 Å². The summed E-state index contributed by atoms with van der Waals surface area (Å²) < 4.78 is 10.6. The Morgan fingerprint density at radius 1 is 1.24 bits per heavy atom. The summed E-state index contributed by atoms with van der Waals surface area (Å²) in [5.41, 5.74) is 2.39. The molecule has 0 saturated carbocycles. The highest BCUT2D eigenvalue weighted by molar-refractivity contribution is 9.09. The average molecular weight is 295 g/mol. The fraction of sp³-hybridized carbons (Fsp3) is 0.286. The molecular formula is C14H15BrO2. The van der Waals surface area contributed by atoms with Crippen molar-refractivity contribution in [2.45, 2.75) is 18.2 Å². The molecule has 0 fully saturated rings. The third-order valence-electron chi connectivity index (χ3n) is 2.78. The van der Waals surface area contributed by atoms with Crippen molar-refractivity contribution < 1.29 is 9.15 Å². The second-order valence-electron chi connectivity index (χ2n) is 3.79. The minimum Gasteiger partial charge on any atom is -0.497 e. The second kappa shape index (κ2) is 5.41. The summed E-state index contributed by atoms with van der Waals surface area (Å²) >= 11 is 3.71. The van der Waals surface area contributed by atoms with Gasteiger partial charge in [0.05, 0.1) is 18.2 Å². The Bertz CT molecular complexity index is 473. The van der Waals surface area contributed by atoms with Crippen LogP contribution in [-0.4, -0.2) is 7.11 Å². The summed E-state index contributed by atoms with van der Waals surface area (Å²) in [6, 6.07) is 10.1. The number of methoxy groups -OCH3 is 1. The summed E-state index contributed by atoms with van der Waals surface area (Å²) in [6.45, 7) is 2.09. The quantitative estimate of drug-likeness (QED) is 0.783. The maximum atomic E-state index is 5.45. The summed E-state index contributed by atoms with van der Waals surface area (Å²) in [5.74, 6) is 1.90. The van der Waals surface area contributed by atoms with Gasteiger partial charge in [0.1, 0.15) is 11.5 Å². The lowest BCUT2D eigenvalue weighted by Crippen LogP contribution is -1.94. The second-order valence-corrected chi connectivity index (χ2v) is 4.70. The number of benzene rings is 1. The summed E-state index contributed by atoms with van der Waals surface area (Å²) in [6.07, 6.45) is 2.65. The van der Waals surface area contributed by atoms with Crippen LogP contribution in [0.25, 0.3) is 0 Å². The Labute approximate surface area is 110 Å². The smallest absolute Gasteiger partial charge is 0.118 e. The van der Waals surface area contributed by atoms with Crippen molar-refractivity contribution in [2.24, 2.45) is 0 Å². The van der Waals surface area contributed by atoms with Crippen LogP contribution in [0, 0.1) is 0 Å². The molecule has 1 atom stereocenters. The number of hydrogen-bond acceptors (Lipinski definition) is 2. The van der Waals surface area contributed by atoms with Crippen LogP contribution in [-0.2, 0) is 6.42 Å². The predicted molar refractivity (Wildman–Crippen MR) is 71.9 cm³/mol. The topological polar surface area (TPSA) is 22.4 Å². The van der Waals surface area contributed by atoms with Crippen LogP contribution in [0.2, 0.25) is 0 Å². The van der Waals surface area contributed by atoms with Gasteiger partial charge >= 0.3 is 0 Å². The zero-order valence-electron chi connectivity index (χ0n) is 9.94. The van der Waals surface area contributed by atoms with Gasteiger partial charge in [0.15, 0.2) is 0 Å². The number of hydrogen-bond donors (Lipinski definition) is 0. The molecule has 1 unspecified atom stereocenters. The minimum absolute atomic E-state index is 0.169. The van der Waals surface area contributed by atoms with Gasteiger partial charge in [-0.25, -0.2) is 0 Å². The van der Waals surface area contributed by atoms with Crippen molar-refractivity contribution in [2.75, 3.05) is 7.11 Å². The minimum atomic E-state index is 0.169. The van der Waals surface area contributed by atoms with Gasteiger partial charge < -0.3 is 9.15 Å². The zero-order valence-corrected chi connectivity index (χ0v) is 11.5. The molecule has 0 spiro atoms. The van der Waals surface area contributed by atoms with Crippen molar-refractivity contribution in [3.8, 4) is 5.75 Å². The molecule has 0 N–H and O–H groups in total. The Balaban J connectivity index is 2.27. The zero-order chi connectivity index (χ0) is 12.3. The Morgan fingerprint density at radius 2 is 1.94 bits per heavy atom. The molecule has 0 amide bonds. The third kappa shape index (κ3) is 2.55. The van der Waals surface area contributed by atoms with Gasteiger partial charge in [-0.1, -0.05) is 35.0 Å². The third-order valence-corrected chi connectivity index (χ3v) is 3.80. The molecule has 0 aliphatic heterocycles. The highest BCUT2D eigenvalue weighted by Gasteiger charge is 2.15. The van der Waals surface area contributed by atoms with Gasteiger partial charge in [-0.05, 0) is 23.8 Å². The van der Waals surface area contributed by atoms with E-state index in [0.29, 0.717) is 0 Å². The predicted octanol–water partition coefficient (Wildman–Crippen LogP) is 4.33. The number of aryl methyl sites for hydroxylation is 1. The number of rotatable bonds is 4. The van der Waals surface area contributed by atoms with Crippen LogP contribution in [0.15, 0.2) is 41.0 Å². The van der Waals surface area contributed by atoms with Crippen LogP contribution < -0.4 is 4.74 Å². The van der Waals surface area contributed by atoms with E-state index < -0.39 is 0 Å². The lowest BCUT2D eigenvalue weighted by Gasteiger charge is -2.10. The van der Waals surface area contributed by atoms with E-state index in [1.807, 2.05) is 18.2 Å². The molecule has 2 aromatic rings. The molecule has 1 aromatic carbocycles. The fourth-order valence-corrected chi connectivity index (χ4v) is 2.53. The fourth-order valence-electron chi connectivity index (χ4n) is 1.82. The molecule has 0 bridgehead atoms. The Morgan fingerprint density at radius 3 is 2.53 bits per heavy atom. The molecule has 3 heteroatoms. The van der Waals surface area contributed by atoms with Crippen molar-refractivity contribution in [3.05, 3.63) is 53.5 Å². The van der Waals surface area contributed by atoms with Crippen molar-refractivity contribution in [1.82, 2.24) is 0 Å². The van der Waals surface area contributed by atoms with E-state index in [1.54, 1.807) is 13.4 Å². The molecule has 0 aliphatic carbocycles. The summed E-state index contributed by atoms with van der Waals surface area (Å²) in [5, 5.41) is 0. The van der Waals surface area contributed by atoms with E-state index in [2.05, 4.69) is 35.0 Å². The maximum Gasteiger partial charge on any atom is 0.118 e. The molecule has 0 saturated heterocycles. The Hall–Kier alpha value is -1.22. The molecule has 2 rings (SSSR count). The molecule has 1 heterocycles. The number of ether oxygens (including phenoxy) is 1.